The lowest BCUT2D eigenvalue weighted by Crippen LogP contribution is -2.54. The van der Waals surface area contributed by atoms with E-state index in [1.54, 1.807) is 0 Å². The number of hydrogen-bond acceptors (Lipinski definition) is 3. The molecular weight excluding hydrogens is 434 g/mol. The van der Waals surface area contributed by atoms with Crippen molar-refractivity contribution in [3.05, 3.63) is 35.0 Å². The third-order valence-corrected chi connectivity index (χ3v) is 8.83. The van der Waals surface area contributed by atoms with E-state index in [1.807, 2.05) is 4.68 Å². The van der Waals surface area contributed by atoms with Crippen molar-refractivity contribution in [2.75, 3.05) is 12.4 Å². The van der Waals surface area contributed by atoms with Crippen LogP contribution >= 0.6 is 11.6 Å². The van der Waals surface area contributed by atoms with Gasteiger partial charge in [-0.1, -0.05) is 26.3 Å². The van der Waals surface area contributed by atoms with E-state index < -0.39 is 0 Å². The van der Waals surface area contributed by atoms with E-state index in [1.165, 1.54) is 19.3 Å². The second kappa shape index (κ2) is 8.98. The van der Waals surface area contributed by atoms with Crippen LogP contribution in [0.15, 0.2) is 18.2 Å². The number of nitrogens with zero attached hydrogens (tertiary/aromatic N) is 2. The van der Waals surface area contributed by atoms with Crippen molar-refractivity contribution in [2.24, 2.45) is 23.2 Å². The summed E-state index contributed by atoms with van der Waals surface area (Å²) in [4.78, 5) is 13.3. The molecule has 2 bridgehead atoms. The van der Waals surface area contributed by atoms with Gasteiger partial charge in [0.05, 0.1) is 5.69 Å². The molecule has 3 saturated carbocycles. The average Bonchev–Trinajstić information content (AvgIpc) is 3.19. The Morgan fingerprint density at radius 2 is 2.12 bits per heavy atom. The number of nitrogens with one attached hydrogen (secondary N) is 1. The van der Waals surface area contributed by atoms with Crippen LogP contribution < -0.4 is 10.1 Å². The van der Waals surface area contributed by atoms with Crippen LogP contribution in [-0.2, 0) is 13.2 Å². The molecule has 0 spiro atoms. The van der Waals surface area contributed by atoms with Crippen LogP contribution in [0, 0.1) is 30.1 Å². The number of unbranched alkanes of at least 4 members (excludes halogenated alkanes) is 2. The fourth-order valence-electron chi connectivity index (χ4n) is 6.42. The number of amides is 1. The van der Waals surface area contributed by atoms with Gasteiger partial charge < -0.3 is 10.1 Å². The molecule has 2 aromatic rings. The molecule has 4 aliphatic rings. The van der Waals surface area contributed by atoms with Crippen LogP contribution in [0.3, 0.4) is 0 Å². The van der Waals surface area contributed by atoms with Crippen LogP contribution in [0.5, 0.6) is 5.75 Å². The summed E-state index contributed by atoms with van der Waals surface area (Å²) in [6.45, 7) is 8.78. The third-order valence-electron chi connectivity index (χ3n) is 8.56. The standard InChI is InChI=1S/C27H36ClN3O2/c1-17-7-10-20-23(13-17)33-16-21-24(30-31(25(20)21)12-6-4-5-11-28)26(32)29-15-18-8-9-19-14-22(18)27(19,2)3/h7,10,13,18-19,22H,4-6,8-9,11-12,14-16H2,1-3H3,(H,29,32). The van der Waals surface area contributed by atoms with Gasteiger partial charge in [0.2, 0.25) is 0 Å². The number of hydrogen-bond donors (Lipinski definition) is 1. The summed E-state index contributed by atoms with van der Waals surface area (Å²) in [6.07, 6.45) is 6.88. The lowest BCUT2D eigenvalue weighted by molar-refractivity contribution is -0.103. The quantitative estimate of drug-likeness (QED) is 0.383. The molecule has 0 saturated heterocycles. The number of rotatable bonds is 8. The van der Waals surface area contributed by atoms with E-state index in [2.05, 4.69) is 44.3 Å². The van der Waals surface area contributed by atoms with Gasteiger partial charge in [0.25, 0.3) is 5.91 Å². The van der Waals surface area contributed by atoms with Crippen LogP contribution in [0.25, 0.3) is 11.3 Å². The molecule has 1 aromatic carbocycles. The van der Waals surface area contributed by atoms with Gasteiger partial charge in [0.1, 0.15) is 12.4 Å². The molecule has 1 aliphatic heterocycles. The van der Waals surface area contributed by atoms with Crippen molar-refractivity contribution >= 4 is 17.5 Å². The summed E-state index contributed by atoms with van der Waals surface area (Å²) in [5.74, 6) is 3.66. The number of benzene rings is 1. The topological polar surface area (TPSA) is 56.1 Å². The summed E-state index contributed by atoms with van der Waals surface area (Å²) < 4.78 is 8.10. The van der Waals surface area contributed by atoms with Crippen molar-refractivity contribution in [3.63, 3.8) is 0 Å². The normalized spacial score (nSPS) is 24.3. The first-order valence-corrected chi connectivity index (χ1v) is 13.1. The Morgan fingerprint density at radius 3 is 2.88 bits per heavy atom. The number of halogens is 1. The highest BCUT2D eigenvalue weighted by Crippen LogP contribution is 2.61. The lowest BCUT2D eigenvalue weighted by atomic mass is 9.45. The third kappa shape index (κ3) is 4.07. The molecular formula is C27H36ClN3O2. The number of alkyl halides is 1. The number of carbonyl (C=O) groups excluding carboxylic acids is 1. The first kappa shape index (κ1) is 22.8. The maximum Gasteiger partial charge on any atom is 0.272 e. The van der Waals surface area contributed by atoms with Crippen molar-refractivity contribution in [2.45, 2.75) is 72.4 Å². The van der Waals surface area contributed by atoms with Gasteiger partial charge in [-0.3, -0.25) is 9.48 Å². The molecule has 1 N–H and O–H groups in total. The smallest absolute Gasteiger partial charge is 0.272 e. The molecule has 3 aliphatic carbocycles. The largest absolute Gasteiger partial charge is 0.488 e. The highest BCUT2D eigenvalue weighted by atomic mass is 35.5. The molecule has 6 heteroatoms. The highest BCUT2D eigenvalue weighted by Gasteiger charge is 2.54. The molecule has 1 amide bonds. The molecule has 5 nitrogen and oxygen atoms in total. The number of fused-ring (bicyclic) bond motifs is 5. The molecule has 178 valence electrons. The van der Waals surface area contributed by atoms with Crippen molar-refractivity contribution in [1.29, 1.82) is 0 Å². The summed E-state index contributed by atoms with van der Waals surface area (Å²) >= 11 is 5.86. The minimum atomic E-state index is -0.0656. The van der Waals surface area contributed by atoms with Gasteiger partial charge in [0.15, 0.2) is 5.69 Å². The molecule has 3 atom stereocenters. The maximum absolute atomic E-state index is 13.3. The van der Waals surface area contributed by atoms with E-state index in [0.717, 1.165) is 72.3 Å². The fraction of sp³-hybridized carbons (Fsp3) is 0.630. The Kier molecular flexibility index (Phi) is 6.19. The van der Waals surface area contributed by atoms with E-state index >= 15 is 0 Å². The summed E-state index contributed by atoms with van der Waals surface area (Å²) in [5.41, 5.74) is 5.08. The molecule has 33 heavy (non-hydrogen) atoms. The van der Waals surface area contributed by atoms with E-state index in [0.29, 0.717) is 29.5 Å². The van der Waals surface area contributed by atoms with E-state index in [9.17, 15) is 4.79 Å². The van der Waals surface area contributed by atoms with E-state index in [-0.39, 0.29) is 5.91 Å². The van der Waals surface area contributed by atoms with Gasteiger partial charge in [-0.25, -0.2) is 0 Å². The van der Waals surface area contributed by atoms with Crippen molar-refractivity contribution < 1.29 is 9.53 Å². The monoisotopic (exact) mass is 469 g/mol. The van der Waals surface area contributed by atoms with Crippen molar-refractivity contribution in [3.8, 4) is 17.0 Å². The van der Waals surface area contributed by atoms with Crippen LogP contribution in [0.2, 0.25) is 0 Å². The second-order valence-corrected chi connectivity index (χ2v) is 11.2. The number of aryl methyl sites for hydroxylation is 2. The van der Waals surface area contributed by atoms with Crippen LogP contribution in [0.4, 0.5) is 0 Å². The summed E-state index contributed by atoms with van der Waals surface area (Å²) in [6, 6.07) is 6.26. The Balaban J connectivity index is 1.37. The zero-order chi connectivity index (χ0) is 23.2. The SMILES string of the molecule is Cc1ccc2c(c1)OCc1c(C(=O)NCC3CCC4CC3C4(C)C)nn(CCCCCCl)c1-2. The van der Waals surface area contributed by atoms with Crippen LogP contribution in [-0.4, -0.2) is 28.1 Å². The maximum atomic E-state index is 13.3. The van der Waals surface area contributed by atoms with Gasteiger partial charge in [-0.15, -0.1) is 11.6 Å². The number of carbonyl (C=O) groups is 1. The molecule has 2 heterocycles. The summed E-state index contributed by atoms with van der Waals surface area (Å²) in [7, 11) is 0. The fourth-order valence-corrected chi connectivity index (χ4v) is 6.61. The molecule has 0 radical (unpaired) electrons. The Hall–Kier alpha value is -2.01. The predicted octanol–water partition coefficient (Wildman–Crippen LogP) is 5.96. The van der Waals surface area contributed by atoms with Gasteiger partial charge >= 0.3 is 0 Å². The first-order chi connectivity index (χ1) is 15.9. The first-order valence-electron chi connectivity index (χ1n) is 12.6. The second-order valence-electron chi connectivity index (χ2n) is 10.8. The molecule has 1 aromatic heterocycles. The van der Waals surface area contributed by atoms with Gasteiger partial charge in [-0.2, -0.15) is 5.10 Å². The molecule has 3 unspecified atom stereocenters. The zero-order valence-electron chi connectivity index (χ0n) is 20.1. The number of ether oxygens (including phenoxy) is 1. The van der Waals surface area contributed by atoms with Crippen LogP contribution in [0.1, 0.15) is 74.0 Å². The predicted molar refractivity (Wildman–Crippen MR) is 132 cm³/mol. The molecule has 6 rings (SSSR count). The zero-order valence-corrected chi connectivity index (χ0v) is 20.9. The Bertz CT molecular complexity index is 1040. The minimum Gasteiger partial charge on any atom is -0.488 e. The minimum absolute atomic E-state index is 0.0656. The number of aromatic nitrogens is 2. The van der Waals surface area contributed by atoms with Gasteiger partial charge in [-0.05, 0) is 79.9 Å². The highest BCUT2D eigenvalue weighted by molar-refractivity contribution is 6.17. The average molecular weight is 470 g/mol. The Labute approximate surface area is 202 Å². The van der Waals surface area contributed by atoms with Gasteiger partial charge in [0, 0.05) is 30.1 Å². The Morgan fingerprint density at radius 1 is 1.27 bits per heavy atom. The molecule has 3 fully saturated rings. The van der Waals surface area contributed by atoms with Crippen molar-refractivity contribution in [1.82, 2.24) is 15.1 Å². The van der Waals surface area contributed by atoms with E-state index in [4.69, 9.17) is 21.4 Å². The summed E-state index contributed by atoms with van der Waals surface area (Å²) in [5, 5.41) is 8.07. The lowest BCUT2D eigenvalue weighted by Gasteiger charge is -2.60.